The molecule has 0 radical (unpaired) electrons. The van der Waals surface area contributed by atoms with E-state index in [0.29, 0.717) is 98.8 Å². The number of thiazole rings is 1. The Labute approximate surface area is 651 Å². The number of aromatic nitrogens is 7. The summed E-state index contributed by atoms with van der Waals surface area (Å²) in [5.41, 5.74) is 27.3. The molecule has 5 aromatic heterocycles. The number of pyridine rings is 2. The zero-order chi connectivity index (χ0) is 78.5. The van der Waals surface area contributed by atoms with Gasteiger partial charge < -0.3 is 33.9 Å². The molecular weight excluding hydrogens is 1420 g/mol. The second-order valence-electron chi connectivity index (χ2n) is 37.0. The SMILES string of the molecule is Cc1c(-c2ccc(N3CCc4cccc(C(=O)Nc5nc6ccccc6s5)c4C3)nc2C(=O)OC(C)(C)C)cnn1CC12CC3(C)CC(C)(C1)CC(OCCN=[N+]=[N-])(C3)C2.Cc1c(-c2ccc(N3CCc4cccc(C(=O)O)c4C3)nc2C(=O)OC(C)(C)C)cnn1CC12CC3(C)CC(C)(C1)CC(OCCN=[N+]=[N-])(C3)C2. The highest BCUT2D eigenvalue weighted by Gasteiger charge is 2.68. The van der Waals surface area contributed by atoms with E-state index in [-0.39, 0.29) is 66.6 Å². The molecule has 8 aromatic rings. The second kappa shape index (κ2) is 28.5. The highest BCUT2D eigenvalue weighted by Crippen LogP contribution is 2.74. The molecule has 2 N–H and O–H groups in total. The number of amides is 1. The summed E-state index contributed by atoms with van der Waals surface area (Å²) >= 11 is 1.45. The van der Waals surface area contributed by atoms with Crippen LogP contribution in [-0.2, 0) is 58.0 Å². The first kappa shape index (κ1) is 76.6. The summed E-state index contributed by atoms with van der Waals surface area (Å²) < 4.78 is 30.4. The second-order valence-corrected chi connectivity index (χ2v) is 38.1. The number of nitrogens with one attached hydrogen (secondary N) is 1. The maximum absolute atomic E-state index is 14.1. The monoisotopic (exact) mass is 1520 g/mol. The fourth-order valence-electron chi connectivity index (χ4n) is 23.1. The van der Waals surface area contributed by atoms with Crippen LogP contribution in [0, 0.1) is 46.3 Å². The van der Waals surface area contributed by atoms with E-state index >= 15 is 0 Å². The standard InChI is InChI=1S/C46H53N9O4S.C39H49N7O5/c1-29-33(20-49-55(29)28-45-23-43(5)22-44(6,24-45)26-46(25-43,27-45)58-19-17-48-53-47)31-14-15-37(51-38(31)40(57)59-42(2,3)4)54-18-16-30-10-9-11-32(34(30)21-54)39(56)52-41-50-35-12-7-8-13-36(35)60-41;1-25-29(16-42-46(25)24-38-19-36(5)18-37(6,20-38)22-39(21-36,23-38)50-15-13-41-44-40)27-10-11-31(43-32(27)34(49)51-35(2,3)4)45-14-12-26-8-7-9-28(33(47)48)30(26)17-45/h7-15,20H,16-19,21-28H2,1-6H3,(H,50,52,56);7-11,16H,12-15,17-24H2,1-6H3,(H,47,48). The highest BCUT2D eigenvalue weighted by molar-refractivity contribution is 7.22. The van der Waals surface area contributed by atoms with Crippen molar-refractivity contribution >= 4 is 62.1 Å². The number of hydrogen-bond donors (Lipinski definition) is 2. The maximum atomic E-state index is 14.1. The fourth-order valence-corrected chi connectivity index (χ4v) is 23.9. The molecule has 0 saturated heterocycles. The summed E-state index contributed by atoms with van der Waals surface area (Å²) in [6.45, 7) is 30.1. The van der Waals surface area contributed by atoms with Crippen LogP contribution in [0.3, 0.4) is 0 Å². The van der Waals surface area contributed by atoms with Gasteiger partial charge in [0.15, 0.2) is 16.5 Å². The van der Waals surface area contributed by atoms with Gasteiger partial charge in [0, 0.05) is 101 Å². The van der Waals surface area contributed by atoms with E-state index in [1.54, 1.807) is 12.1 Å². The largest absolute Gasteiger partial charge is 0.478 e. The summed E-state index contributed by atoms with van der Waals surface area (Å²) in [5.74, 6) is -0.946. The molecule has 26 heteroatoms. The topological polar surface area (TPSA) is 316 Å². The van der Waals surface area contributed by atoms with E-state index in [9.17, 15) is 24.3 Å². The lowest BCUT2D eigenvalue weighted by atomic mass is 9.39. The van der Waals surface area contributed by atoms with Crippen molar-refractivity contribution in [2.24, 2.45) is 42.7 Å². The summed E-state index contributed by atoms with van der Waals surface area (Å²) in [5, 5.41) is 30.8. The van der Waals surface area contributed by atoms with Gasteiger partial charge in [0.25, 0.3) is 5.91 Å². The molecule has 1 amide bonds. The number of esters is 2. The Hall–Kier alpha value is -9.71. The third kappa shape index (κ3) is 15.6. The third-order valence-corrected chi connectivity index (χ3v) is 25.5. The van der Waals surface area contributed by atoms with Gasteiger partial charge in [-0.3, -0.25) is 19.5 Å². The summed E-state index contributed by atoms with van der Waals surface area (Å²) in [4.78, 5) is 78.3. The number of azide groups is 2. The average molecular weight is 1520 g/mol. The highest BCUT2D eigenvalue weighted by atomic mass is 32.1. The van der Waals surface area contributed by atoms with Crippen molar-refractivity contribution in [1.29, 1.82) is 0 Å². The quantitative estimate of drug-likeness (QED) is 0.0222. The number of para-hydroxylation sites is 1. The maximum Gasteiger partial charge on any atom is 0.358 e. The molecule has 10 aliphatic rings. The van der Waals surface area contributed by atoms with Gasteiger partial charge in [-0.25, -0.2) is 29.3 Å². The van der Waals surface area contributed by atoms with Crippen LogP contribution < -0.4 is 15.1 Å². The van der Waals surface area contributed by atoms with Crippen molar-refractivity contribution in [3.63, 3.8) is 0 Å². The molecule has 8 aliphatic carbocycles. The molecule has 8 saturated carbocycles. The molecule has 18 rings (SSSR count). The number of hydrogen-bond acceptors (Lipinski definition) is 18. The summed E-state index contributed by atoms with van der Waals surface area (Å²) in [6.07, 6.45) is 17.9. The van der Waals surface area contributed by atoms with Gasteiger partial charge in [0.05, 0.1) is 52.6 Å². The zero-order valence-electron chi connectivity index (χ0n) is 66.0. The van der Waals surface area contributed by atoms with Crippen LogP contribution in [0.25, 0.3) is 53.4 Å². The minimum absolute atomic E-state index is 0.000256. The van der Waals surface area contributed by atoms with Gasteiger partial charge in [0.2, 0.25) is 0 Å². The predicted octanol–water partition coefficient (Wildman–Crippen LogP) is 18.0. The van der Waals surface area contributed by atoms with Gasteiger partial charge in [-0.1, -0.05) is 85.7 Å². The number of aromatic carboxylic acids is 1. The van der Waals surface area contributed by atoms with Crippen molar-refractivity contribution in [3.8, 4) is 22.3 Å². The van der Waals surface area contributed by atoms with Gasteiger partial charge in [-0.05, 0) is 260 Å². The Morgan fingerprint density at radius 2 is 0.991 bits per heavy atom. The van der Waals surface area contributed by atoms with E-state index in [1.807, 2.05) is 126 Å². The predicted molar refractivity (Wildman–Crippen MR) is 426 cm³/mol. The molecule has 7 heterocycles. The molecule has 4 atom stereocenters. The van der Waals surface area contributed by atoms with Gasteiger partial charge in [0.1, 0.15) is 22.8 Å². The van der Waals surface area contributed by atoms with E-state index in [0.717, 1.165) is 132 Å². The minimum atomic E-state index is -0.955. The first-order valence-electron chi connectivity index (χ1n) is 39.1. The smallest absolute Gasteiger partial charge is 0.358 e. The number of fused-ring (bicyclic) bond motifs is 3. The minimum Gasteiger partial charge on any atom is -0.478 e. The van der Waals surface area contributed by atoms with Crippen molar-refractivity contribution in [1.82, 2.24) is 34.5 Å². The lowest BCUT2D eigenvalue weighted by molar-refractivity contribution is -0.247. The van der Waals surface area contributed by atoms with Gasteiger partial charge >= 0.3 is 17.9 Å². The molecule has 2 aliphatic heterocycles. The zero-order valence-corrected chi connectivity index (χ0v) is 66.9. The summed E-state index contributed by atoms with van der Waals surface area (Å²) in [6, 6.07) is 26.9. The molecule has 0 spiro atoms. The number of anilines is 3. The molecular formula is C85H102N16O9S. The number of rotatable bonds is 21. The Bertz CT molecular complexity index is 5060. The van der Waals surface area contributed by atoms with Crippen molar-refractivity contribution in [2.75, 3.05) is 54.5 Å². The third-order valence-electron chi connectivity index (χ3n) is 24.5. The lowest BCUT2D eigenvalue weighted by Crippen LogP contribution is -2.64. The van der Waals surface area contributed by atoms with Crippen LogP contribution in [0.5, 0.6) is 0 Å². The molecule has 4 unspecified atom stereocenters. The molecule has 111 heavy (non-hydrogen) atoms. The van der Waals surface area contributed by atoms with Crippen molar-refractivity contribution < 1.29 is 43.2 Å². The van der Waals surface area contributed by atoms with E-state index in [4.69, 9.17) is 50.2 Å². The van der Waals surface area contributed by atoms with Crippen LogP contribution in [0.4, 0.5) is 16.8 Å². The number of nitrogens with zero attached hydrogens (tertiary/aromatic N) is 15. The fraction of sp³-hybridized carbons (Fsp3) is 0.541. The Kier molecular flexibility index (Phi) is 19.7. The van der Waals surface area contributed by atoms with Gasteiger partial charge in [-0.15, -0.1) is 0 Å². The first-order chi connectivity index (χ1) is 52.6. The van der Waals surface area contributed by atoms with Crippen LogP contribution in [0.2, 0.25) is 0 Å². The molecule has 3 aromatic carbocycles. The van der Waals surface area contributed by atoms with Crippen LogP contribution >= 0.6 is 11.3 Å². The summed E-state index contributed by atoms with van der Waals surface area (Å²) in [7, 11) is 0. The van der Waals surface area contributed by atoms with Crippen LogP contribution in [0.15, 0.2) is 108 Å². The number of carboxylic acids is 1. The van der Waals surface area contributed by atoms with Crippen molar-refractivity contribution in [2.45, 2.75) is 222 Å². The van der Waals surface area contributed by atoms with Gasteiger partial charge in [-0.2, -0.15) is 10.2 Å². The molecule has 582 valence electrons. The Morgan fingerprint density at radius 1 is 0.550 bits per heavy atom. The number of carbonyl (C=O) groups excluding carboxylic acids is 3. The van der Waals surface area contributed by atoms with Crippen LogP contribution in [0.1, 0.15) is 222 Å². The van der Waals surface area contributed by atoms with E-state index < -0.39 is 29.1 Å². The number of carbonyl (C=O) groups is 4. The average Bonchev–Trinajstić information content (AvgIpc) is 0.711. The van der Waals surface area contributed by atoms with Crippen LogP contribution in [-0.4, -0.2) is 125 Å². The molecule has 25 nitrogen and oxygen atoms in total. The van der Waals surface area contributed by atoms with Crippen molar-refractivity contribution in [3.05, 3.63) is 174 Å². The number of ether oxygens (including phenoxy) is 4. The number of benzene rings is 3. The molecule has 8 fully saturated rings. The first-order valence-corrected chi connectivity index (χ1v) is 39.9. The molecule has 8 bridgehead atoms. The number of carboxylic acid groups (broad SMARTS) is 1. The van der Waals surface area contributed by atoms with E-state index in [1.165, 1.54) is 24.2 Å². The Balaban J connectivity index is 0.000000178. The Morgan fingerprint density at radius 3 is 1.42 bits per heavy atom. The lowest BCUT2D eigenvalue weighted by Gasteiger charge is -2.69. The normalized spacial score (nSPS) is 26.6. The van der Waals surface area contributed by atoms with E-state index in [2.05, 4.69) is 92.2 Å².